The van der Waals surface area contributed by atoms with Crippen LogP contribution in [0.2, 0.25) is 10.0 Å². The number of sulfonamides is 1. The number of rotatable bonds is 4. The van der Waals surface area contributed by atoms with Crippen molar-refractivity contribution in [3.05, 3.63) is 40.1 Å². The molecule has 7 nitrogen and oxygen atoms in total. The second-order valence-electron chi connectivity index (χ2n) is 5.78. The molecule has 1 aliphatic heterocycles. The molecule has 0 spiro atoms. The predicted molar refractivity (Wildman–Crippen MR) is 101 cm³/mol. The van der Waals surface area contributed by atoms with Gasteiger partial charge in [0, 0.05) is 32.2 Å². The molecule has 0 bridgehead atoms. The first-order valence-electron chi connectivity index (χ1n) is 7.91. The molecule has 0 unspecified atom stereocenters. The summed E-state index contributed by atoms with van der Waals surface area (Å²) in [4.78, 5) is 10.7. The third kappa shape index (κ3) is 3.88. The van der Waals surface area contributed by atoms with Crippen LogP contribution in [-0.2, 0) is 10.0 Å². The lowest BCUT2D eigenvalue weighted by Crippen LogP contribution is -2.49. The van der Waals surface area contributed by atoms with Crippen LogP contribution in [0.15, 0.2) is 29.2 Å². The summed E-state index contributed by atoms with van der Waals surface area (Å²) in [6.45, 7) is 3.50. The van der Waals surface area contributed by atoms with Crippen molar-refractivity contribution in [2.45, 2.75) is 11.8 Å². The van der Waals surface area contributed by atoms with E-state index in [1.165, 1.54) is 22.5 Å². The van der Waals surface area contributed by atoms with Gasteiger partial charge in [0.15, 0.2) is 0 Å². The number of methoxy groups -OCH3 is 1. The quantitative estimate of drug-likeness (QED) is 0.762. The summed E-state index contributed by atoms with van der Waals surface area (Å²) in [5, 5.41) is 0.540. The SMILES string of the molecule is COc1cc(N2CCN(S(=O)(=O)c3ccc(Cl)c(Cl)c3)CC2)nc(C)n1. The number of hydrogen-bond donors (Lipinski definition) is 0. The Bertz CT molecular complexity index is 916. The molecule has 3 rings (SSSR count). The number of nitrogens with zero attached hydrogens (tertiary/aromatic N) is 4. The van der Waals surface area contributed by atoms with Gasteiger partial charge in [-0.1, -0.05) is 23.2 Å². The summed E-state index contributed by atoms with van der Waals surface area (Å²) in [5.74, 6) is 1.81. The van der Waals surface area contributed by atoms with Crippen molar-refractivity contribution >= 4 is 39.0 Å². The van der Waals surface area contributed by atoms with Gasteiger partial charge in [-0.2, -0.15) is 9.29 Å². The maximum atomic E-state index is 12.8. The van der Waals surface area contributed by atoms with E-state index in [0.717, 1.165) is 5.82 Å². The van der Waals surface area contributed by atoms with Gasteiger partial charge in [-0.3, -0.25) is 0 Å². The first kappa shape index (κ1) is 19.2. The van der Waals surface area contributed by atoms with E-state index in [2.05, 4.69) is 9.97 Å². The molecule has 0 amide bonds. The molecule has 2 heterocycles. The monoisotopic (exact) mass is 416 g/mol. The molecular formula is C16H18Cl2N4O3S. The number of ether oxygens (including phenoxy) is 1. The van der Waals surface area contributed by atoms with Crippen molar-refractivity contribution in [3.8, 4) is 5.88 Å². The smallest absolute Gasteiger partial charge is 0.243 e. The molecule has 0 N–H and O–H groups in total. The molecule has 1 aromatic heterocycles. The molecule has 0 atom stereocenters. The van der Waals surface area contributed by atoms with Gasteiger partial charge in [-0.25, -0.2) is 13.4 Å². The summed E-state index contributed by atoms with van der Waals surface area (Å²) in [6, 6.07) is 6.08. The van der Waals surface area contributed by atoms with Gasteiger partial charge in [0.05, 0.1) is 22.1 Å². The van der Waals surface area contributed by atoms with Gasteiger partial charge in [0.1, 0.15) is 11.6 Å². The lowest BCUT2D eigenvalue weighted by atomic mass is 10.3. The van der Waals surface area contributed by atoms with Crippen molar-refractivity contribution < 1.29 is 13.2 Å². The van der Waals surface area contributed by atoms with Gasteiger partial charge in [0.2, 0.25) is 15.9 Å². The number of anilines is 1. The predicted octanol–water partition coefficient (Wildman–Crippen LogP) is 2.61. The van der Waals surface area contributed by atoms with E-state index in [1.54, 1.807) is 20.1 Å². The Balaban J connectivity index is 1.75. The molecule has 1 saturated heterocycles. The van der Waals surface area contributed by atoms with Crippen LogP contribution in [0.5, 0.6) is 5.88 Å². The molecule has 140 valence electrons. The van der Waals surface area contributed by atoms with Gasteiger partial charge in [-0.05, 0) is 25.1 Å². The second kappa shape index (κ2) is 7.56. The van der Waals surface area contributed by atoms with E-state index in [0.29, 0.717) is 42.9 Å². The molecule has 10 heteroatoms. The standard InChI is InChI=1S/C16H18Cl2N4O3S/c1-11-19-15(10-16(20-11)25-2)21-5-7-22(8-6-21)26(23,24)12-3-4-13(17)14(18)9-12/h3-4,9-10H,5-8H2,1-2H3. The number of benzene rings is 1. The normalized spacial score (nSPS) is 15.9. The summed E-state index contributed by atoms with van der Waals surface area (Å²) < 4.78 is 32.2. The van der Waals surface area contributed by atoms with Crippen LogP contribution in [0.25, 0.3) is 0 Å². The number of halogens is 2. The fourth-order valence-electron chi connectivity index (χ4n) is 2.74. The van der Waals surface area contributed by atoms with E-state index in [9.17, 15) is 8.42 Å². The minimum absolute atomic E-state index is 0.139. The average Bonchev–Trinajstić information content (AvgIpc) is 2.63. The number of hydrogen-bond acceptors (Lipinski definition) is 6. The third-order valence-corrected chi connectivity index (χ3v) is 6.74. The van der Waals surface area contributed by atoms with Gasteiger partial charge < -0.3 is 9.64 Å². The Kier molecular flexibility index (Phi) is 5.57. The van der Waals surface area contributed by atoms with Crippen molar-refractivity contribution in [1.82, 2.24) is 14.3 Å². The van der Waals surface area contributed by atoms with E-state index < -0.39 is 10.0 Å². The number of aryl methyl sites for hydroxylation is 1. The van der Waals surface area contributed by atoms with E-state index in [4.69, 9.17) is 27.9 Å². The number of aromatic nitrogens is 2. The van der Waals surface area contributed by atoms with Crippen molar-refractivity contribution in [1.29, 1.82) is 0 Å². The van der Waals surface area contributed by atoms with E-state index in [1.807, 2.05) is 4.90 Å². The summed E-state index contributed by atoms with van der Waals surface area (Å²) in [5.41, 5.74) is 0. The molecule has 1 aliphatic rings. The molecule has 0 saturated carbocycles. The minimum atomic E-state index is -3.62. The highest BCUT2D eigenvalue weighted by Crippen LogP contribution is 2.27. The third-order valence-electron chi connectivity index (χ3n) is 4.10. The van der Waals surface area contributed by atoms with Crippen molar-refractivity contribution in [2.24, 2.45) is 0 Å². The Hall–Kier alpha value is -1.61. The Morgan fingerprint density at radius 2 is 1.73 bits per heavy atom. The van der Waals surface area contributed by atoms with Crippen LogP contribution < -0.4 is 9.64 Å². The zero-order valence-corrected chi connectivity index (χ0v) is 16.6. The highest BCUT2D eigenvalue weighted by atomic mass is 35.5. The summed E-state index contributed by atoms with van der Waals surface area (Å²) >= 11 is 11.8. The average molecular weight is 417 g/mol. The molecule has 1 fully saturated rings. The number of piperazine rings is 1. The minimum Gasteiger partial charge on any atom is -0.481 e. The summed E-state index contributed by atoms with van der Waals surface area (Å²) in [6.07, 6.45) is 0. The molecule has 0 radical (unpaired) electrons. The van der Waals surface area contributed by atoms with Crippen LogP contribution in [0.3, 0.4) is 0 Å². The fourth-order valence-corrected chi connectivity index (χ4v) is 4.55. The van der Waals surface area contributed by atoms with Crippen LogP contribution in [0.1, 0.15) is 5.82 Å². The van der Waals surface area contributed by atoms with Crippen LogP contribution in [-0.4, -0.2) is 56.0 Å². The fraction of sp³-hybridized carbons (Fsp3) is 0.375. The molecular weight excluding hydrogens is 399 g/mol. The first-order chi connectivity index (χ1) is 12.3. The topological polar surface area (TPSA) is 75.6 Å². The van der Waals surface area contributed by atoms with Crippen LogP contribution in [0.4, 0.5) is 5.82 Å². The molecule has 0 aliphatic carbocycles. The van der Waals surface area contributed by atoms with Crippen molar-refractivity contribution in [2.75, 3.05) is 38.2 Å². The van der Waals surface area contributed by atoms with Gasteiger partial charge in [0.25, 0.3) is 0 Å². The highest BCUT2D eigenvalue weighted by molar-refractivity contribution is 7.89. The van der Waals surface area contributed by atoms with Crippen molar-refractivity contribution in [3.63, 3.8) is 0 Å². The van der Waals surface area contributed by atoms with Crippen LogP contribution >= 0.6 is 23.2 Å². The zero-order valence-electron chi connectivity index (χ0n) is 14.3. The Morgan fingerprint density at radius 3 is 2.35 bits per heavy atom. The molecule has 2 aromatic rings. The lowest BCUT2D eigenvalue weighted by Gasteiger charge is -2.34. The highest BCUT2D eigenvalue weighted by Gasteiger charge is 2.29. The molecule has 1 aromatic carbocycles. The lowest BCUT2D eigenvalue weighted by molar-refractivity contribution is 0.380. The van der Waals surface area contributed by atoms with E-state index in [-0.39, 0.29) is 9.92 Å². The van der Waals surface area contributed by atoms with Gasteiger partial charge in [-0.15, -0.1) is 0 Å². The zero-order chi connectivity index (χ0) is 18.9. The second-order valence-corrected chi connectivity index (χ2v) is 8.54. The van der Waals surface area contributed by atoms with Gasteiger partial charge >= 0.3 is 0 Å². The maximum absolute atomic E-state index is 12.8. The first-order valence-corrected chi connectivity index (χ1v) is 10.1. The summed E-state index contributed by atoms with van der Waals surface area (Å²) in [7, 11) is -2.07. The maximum Gasteiger partial charge on any atom is 0.243 e. The van der Waals surface area contributed by atoms with E-state index >= 15 is 0 Å². The Morgan fingerprint density at radius 1 is 1.04 bits per heavy atom. The van der Waals surface area contributed by atoms with Crippen LogP contribution in [0, 0.1) is 6.92 Å². The molecule has 26 heavy (non-hydrogen) atoms. The Labute approximate surface area is 162 Å². The largest absolute Gasteiger partial charge is 0.481 e.